The topological polar surface area (TPSA) is 35.2 Å². The van der Waals surface area contributed by atoms with E-state index in [1.165, 1.54) is 27.8 Å². The molecule has 0 bridgehead atoms. The molecule has 0 atom stereocenters. The summed E-state index contributed by atoms with van der Waals surface area (Å²) in [5.41, 5.74) is 11.7. The molecule has 3 aromatic carbocycles. The molecule has 2 N–H and O–H groups in total. The van der Waals surface area contributed by atoms with Gasteiger partial charge in [0.25, 0.3) is 0 Å². The zero-order chi connectivity index (χ0) is 21.1. The molecule has 0 saturated carbocycles. The van der Waals surface area contributed by atoms with Crippen LogP contribution in [0.4, 0.5) is 0 Å². The summed E-state index contributed by atoms with van der Waals surface area (Å²) in [4.78, 5) is 0. The Hall–Kier alpha value is -2.42. The molecule has 0 radical (unpaired) electrons. The molecule has 0 aliphatic rings. The summed E-state index contributed by atoms with van der Waals surface area (Å²) in [6, 6.07) is 28.4. The van der Waals surface area contributed by atoms with E-state index in [-0.39, 0.29) is 0 Å². The zero-order valence-electron chi connectivity index (χ0n) is 18.3. The number of hydrogen-bond acceptors (Lipinski definition) is 2. The highest BCUT2D eigenvalue weighted by atomic mass is 16.5. The molecule has 0 spiro atoms. The van der Waals surface area contributed by atoms with E-state index >= 15 is 0 Å². The van der Waals surface area contributed by atoms with Crippen molar-refractivity contribution in [2.24, 2.45) is 5.73 Å². The lowest BCUT2D eigenvalue weighted by atomic mass is 9.89. The first-order chi connectivity index (χ1) is 14.0. The summed E-state index contributed by atoms with van der Waals surface area (Å²) in [5.74, 6) is 0.377. The lowest BCUT2D eigenvalue weighted by molar-refractivity contribution is 0.116. The van der Waals surface area contributed by atoms with E-state index in [4.69, 9.17) is 10.5 Å². The molecule has 0 amide bonds. The Morgan fingerprint density at radius 2 is 1.21 bits per heavy atom. The average Bonchev–Trinajstić information content (AvgIpc) is 2.68. The van der Waals surface area contributed by atoms with E-state index < -0.39 is 0 Å². The molecule has 2 heteroatoms. The van der Waals surface area contributed by atoms with Crippen molar-refractivity contribution in [1.82, 2.24) is 0 Å². The van der Waals surface area contributed by atoms with Crippen LogP contribution in [0.2, 0.25) is 0 Å². The maximum atomic E-state index is 6.00. The molecule has 2 nitrogen and oxygen atoms in total. The van der Waals surface area contributed by atoms with Crippen LogP contribution < -0.4 is 5.73 Å². The maximum absolute atomic E-state index is 6.00. The van der Waals surface area contributed by atoms with Crippen molar-refractivity contribution >= 4 is 0 Å². The minimum absolute atomic E-state index is 0.333. The van der Waals surface area contributed by atoms with E-state index in [2.05, 4.69) is 92.7 Å². The van der Waals surface area contributed by atoms with Crippen LogP contribution in [0.15, 0.2) is 78.9 Å². The molecule has 0 fully saturated rings. The van der Waals surface area contributed by atoms with Gasteiger partial charge in [-0.2, -0.15) is 0 Å². The predicted molar refractivity (Wildman–Crippen MR) is 124 cm³/mol. The predicted octanol–water partition coefficient (Wildman–Crippen LogP) is 6.40. The van der Waals surface area contributed by atoms with Crippen molar-refractivity contribution < 1.29 is 4.74 Å². The van der Waals surface area contributed by atoms with Crippen LogP contribution in [0, 0.1) is 13.8 Å². The molecular weight excluding hydrogens is 354 g/mol. The second-order valence-electron chi connectivity index (χ2n) is 7.96. The molecule has 0 unspecified atom stereocenters. The van der Waals surface area contributed by atoms with E-state index in [1.807, 2.05) is 13.8 Å². The van der Waals surface area contributed by atoms with Crippen molar-refractivity contribution in [3.05, 3.63) is 107 Å². The van der Waals surface area contributed by atoms with Crippen molar-refractivity contribution in [1.29, 1.82) is 0 Å². The quantitative estimate of drug-likeness (QED) is 0.475. The van der Waals surface area contributed by atoms with E-state index in [0.717, 1.165) is 13.0 Å². The third-order valence-electron chi connectivity index (χ3n) is 4.50. The van der Waals surface area contributed by atoms with Gasteiger partial charge in [0, 0.05) is 12.5 Å². The lowest BCUT2D eigenvalue weighted by Gasteiger charge is -2.18. The summed E-state index contributed by atoms with van der Waals surface area (Å²) in [6.45, 7) is 9.59. The molecule has 0 aliphatic heterocycles. The van der Waals surface area contributed by atoms with Gasteiger partial charge in [-0.1, -0.05) is 104 Å². The molecule has 3 aromatic rings. The Kier molecular flexibility index (Phi) is 9.63. The van der Waals surface area contributed by atoms with Gasteiger partial charge < -0.3 is 10.5 Å². The van der Waals surface area contributed by atoms with Crippen LogP contribution >= 0.6 is 0 Å². The molecule has 29 heavy (non-hydrogen) atoms. The van der Waals surface area contributed by atoms with Crippen molar-refractivity contribution in [3.8, 4) is 0 Å². The molecule has 0 saturated heterocycles. The van der Waals surface area contributed by atoms with Gasteiger partial charge in [0.15, 0.2) is 0 Å². The smallest absolute Gasteiger partial charge is 0.0717 e. The van der Waals surface area contributed by atoms with Crippen molar-refractivity contribution in [2.75, 3.05) is 6.61 Å². The van der Waals surface area contributed by atoms with Crippen molar-refractivity contribution in [2.45, 2.75) is 52.7 Å². The first kappa shape index (κ1) is 22.9. The third kappa shape index (κ3) is 8.64. The summed E-state index contributed by atoms with van der Waals surface area (Å²) in [6.07, 6.45) is 0.985. The minimum atomic E-state index is 0.333. The van der Waals surface area contributed by atoms with Gasteiger partial charge in [-0.25, -0.2) is 0 Å². The fourth-order valence-electron chi connectivity index (χ4n) is 3.44. The number of nitrogens with two attached hydrogens (primary N) is 1. The van der Waals surface area contributed by atoms with Crippen LogP contribution in [0.5, 0.6) is 0 Å². The van der Waals surface area contributed by atoms with E-state index in [1.54, 1.807) is 0 Å². The standard InChI is InChI=1S/C24H26O.C3H9N/c1-19-15-20(2)17-21(16-19)18-25-14-13-24(22-9-5-3-6-10-22)23-11-7-4-8-12-23;1-3(2)4/h3-12,15-17,24H,13-14,18H2,1-2H3;3H,4H2,1-2H3. The molecular formula is C27H35NO. The molecule has 0 aliphatic carbocycles. The Labute approximate surface area is 176 Å². The van der Waals surface area contributed by atoms with E-state index in [9.17, 15) is 0 Å². The fourth-order valence-corrected chi connectivity index (χ4v) is 3.44. The SMILES string of the molecule is CC(C)N.Cc1cc(C)cc(COCCC(c2ccccc2)c2ccccc2)c1. The number of benzene rings is 3. The van der Waals surface area contributed by atoms with Gasteiger partial charge in [-0.3, -0.25) is 0 Å². The fraction of sp³-hybridized carbons (Fsp3) is 0.333. The van der Waals surface area contributed by atoms with Gasteiger partial charge in [-0.05, 0) is 43.0 Å². The number of ether oxygens (including phenoxy) is 1. The Balaban J connectivity index is 0.000000687. The van der Waals surface area contributed by atoms with Gasteiger partial charge in [0.2, 0.25) is 0 Å². The summed E-state index contributed by atoms with van der Waals surface area (Å²) in [7, 11) is 0. The van der Waals surface area contributed by atoms with Crippen LogP contribution in [0.25, 0.3) is 0 Å². The first-order valence-electron chi connectivity index (χ1n) is 10.5. The molecule has 0 heterocycles. The molecule has 3 rings (SSSR count). The monoisotopic (exact) mass is 389 g/mol. The highest BCUT2D eigenvalue weighted by Crippen LogP contribution is 2.27. The summed E-state index contributed by atoms with van der Waals surface area (Å²) < 4.78 is 6.00. The van der Waals surface area contributed by atoms with Crippen LogP contribution in [-0.2, 0) is 11.3 Å². The van der Waals surface area contributed by atoms with Gasteiger partial charge in [-0.15, -0.1) is 0 Å². The molecule has 154 valence electrons. The highest BCUT2D eigenvalue weighted by Gasteiger charge is 2.13. The largest absolute Gasteiger partial charge is 0.377 e. The van der Waals surface area contributed by atoms with Crippen LogP contribution in [0.3, 0.4) is 0 Å². The normalized spacial score (nSPS) is 10.7. The second-order valence-corrected chi connectivity index (χ2v) is 7.96. The second kappa shape index (κ2) is 12.2. The Bertz CT molecular complexity index is 765. The number of hydrogen-bond donors (Lipinski definition) is 1. The Morgan fingerprint density at radius 3 is 1.66 bits per heavy atom. The van der Waals surface area contributed by atoms with Crippen LogP contribution in [0.1, 0.15) is 54.0 Å². The Morgan fingerprint density at radius 1 is 0.759 bits per heavy atom. The van der Waals surface area contributed by atoms with Gasteiger partial charge in [0.05, 0.1) is 6.61 Å². The first-order valence-corrected chi connectivity index (χ1v) is 10.5. The van der Waals surface area contributed by atoms with Gasteiger partial charge >= 0.3 is 0 Å². The maximum Gasteiger partial charge on any atom is 0.0717 e. The van der Waals surface area contributed by atoms with E-state index in [0.29, 0.717) is 18.6 Å². The summed E-state index contributed by atoms with van der Waals surface area (Å²) in [5, 5.41) is 0. The van der Waals surface area contributed by atoms with Crippen molar-refractivity contribution in [3.63, 3.8) is 0 Å². The number of aryl methyl sites for hydroxylation is 2. The zero-order valence-corrected chi connectivity index (χ0v) is 18.3. The highest BCUT2D eigenvalue weighted by molar-refractivity contribution is 5.32. The number of rotatable bonds is 7. The lowest BCUT2D eigenvalue weighted by Crippen LogP contribution is -2.06. The third-order valence-corrected chi connectivity index (χ3v) is 4.50. The van der Waals surface area contributed by atoms with Gasteiger partial charge in [0.1, 0.15) is 0 Å². The molecule has 0 aromatic heterocycles. The average molecular weight is 390 g/mol. The summed E-state index contributed by atoms with van der Waals surface area (Å²) >= 11 is 0. The minimum Gasteiger partial charge on any atom is -0.377 e. The van der Waals surface area contributed by atoms with Crippen LogP contribution in [-0.4, -0.2) is 12.6 Å².